The summed E-state index contributed by atoms with van der Waals surface area (Å²) in [6, 6.07) is 4.85. The van der Waals surface area contributed by atoms with Crippen LogP contribution in [-0.2, 0) is 36.8 Å². The lowest BCUT2D eigenvalue weighted by molar-refractivity contribution is -0.217. The van der Waals surface area contributed by atoms with Crippen molar-refractivity contribution in [3.63, 3.8) is 0 Å². The van der Waals surface area contributed by atoms with Crippen LogP contribution in [0.1, 0.15) is 83.1 Å². The number of primary amides is 2. The number of aliphatic hydroxyl groups is 6. The van der Waals surface area contributed by atoms with E-state index in [0.717, 1.165) is 0 Å². The van der Waals surface area contributed by atoms with E-state index in [1.807, 2.05) is 0 Å². The zero-order valence-electron chi connectivity index (χ0n) is 35.5. The number of aromatic hydroxyl groups is 2. The topological polar surface area (TPSA) is 320 Å². The van der Waals surface area contributed by atoms with Gasteiger partial charge in [0.25, 0.3) is 5.91 Å². The van der Waals surface area contributed by atoms with Crippen LogP contribution < -0.4 is 11.5 Å². The molecule has 0 aromatic heterocycles. The predicted molar refractivity (Wildman–Crippen MR) is 227 cm³/mol. The molecule has 2 aromatic carbocycles. The molecular weight excluding hydrogens is 843 g/mol. The number of Topliss-reactive ketones (excluding diaryl/α,β-unsaturated/α-hetero) is 4. The summed E-state index contributed by atoms with van der Waals surface area (Å²) in [5.41, 5.74) is 6.19. The van der Waals surface area contributed by atoms with E-state index in [9.17, 15) is 69.6 Å². The van der Waals surface area contributed by atoms with Gasteiger partial charge in [-0.1, -0.05) is 23.7 Å². The predicted octanol–water partition coefficient (Wildman–Crippen LogP) is 0.152. The minimum absolute atomic E-state index is 0.00480. The van der Waals surface area contributed by atoms with Crippen molar-refractivity contribution in [2.45, 2.75) is 87.2 Å². The van der Waals surface area contributed by atoms with Gasteiger partial charge in [-0.15, -0.1) is 0 Å². The van der Waals surface area contributed by atoms with E-state index in [1.54, 1.807) is 31.1 Å². The van der Waals surface area contributed by atoms with Crippen molar-refractivity contribution < 1.29 is 69.6 Å². The van der Waals surface area contributed by atoms with Gasteiger partial charge >= 0.3 is 0 Å². The number of aliphatic hydroxyl groups excluding tert-OH is 4. The van der Waals surface area contributed by atoms with Gasteiger partial charge in [0.15, 0.2) is 28.6 Å². The van der Waals surface area contributed by atoms with Gasteiger partial charge in [-0.05, 0) is 99.8 Å². The van der Waals surface area contributed by atoms with E-state index < -0.39 is 123 Å². The number of nitrogens with two attached hydrogens (primary N) is 2. The Bertz CT molecular complexity index is 2700. The fourth-order valence-corrected chi connectivity index (χ4v) is 11.7. The number of hydrogen-bond acceptors (Lipinski definition) is 15. The molecule has 0 aliphatic heterocycles. The second-order valence-electron chi connectivity index (χ2n) is 18.3. The number of carbonyl (C=O) groups is 6. The summed E-state index contributed by atoms with van der Waals surface area (Å²) in [6.07, 6.45) is -1.50. The molecule has 17 heteroatoms. The van der Waals surface area contributed by atoms with Crippen LogP contribution in [0.2, 0.25) is 0 Å². The van der Waals surface area contributed by atoms with Crippen molar-refractivity contribution in [2.75, 3.05) is 14.1 Å². The normalized spacial score (nSPS) is 32.4. The molecule has 12 N–H and O–H groups in total. The number of unbranched alkanes of at least 4 members (excludes halogenated alkanes) is 3. The van der Waals surface area contributed by atoms with Crippen LogP contribution in [0, 0.1) is 59.2 Å². The van der Waals surface area contributed by atoms with Crippen molar-refractivity contribution in [3.05, 3.63) is 74.6 Å². The summed E-state index contributed by atoms with van der Waals surface area (Å²) in [5.74, 6) is -2.74. The molecule has 0 heterocycles. The molecule has 0 saturated heterocycles. The number of nitrogens with zero attached hydrogens (tertiary/aromatic N) is 1. The molecule has 2 aromatic rings. The zero-order valence-corrected chi connectivity index (χ0v) is 35.5. The van der Waals surface area contributed by atoms with E-state index >= 15 is 0 Å². The van der Waals surface area contributed by atoms with Crippen LogP contribution in [0.4, 0.5) is 0 Å². The van der Waals surface area contributed by atoms with Crippen LogP contribution in [-0.4, -0.2) is 124 Å². The maximum Gasteiger partial charge on any atom is 0.255 e. The number of phenols is 2. The summed E-state index contributed by atoms with van der Waals surface area (Å²) in [6.45, 7) is 0. The Hall–Kier alpha value is -6.34. The van der Waals surface area contributed by atoms with Crippen LogP contribution in [0.3, 0.4) is 0 Å². The molecule has 2 amide bonds. The Morgan fingerprint density at radius 2 is 1.40 bits per heavy atom. The summed E-state index contributed by atoms with van der Waals surface area (Å²) in [5, 5.41) is 90.0. The van der Waals surface area contributed by atoms with E-state index in [-0.39, 0.29) is 53.9 Å². The molecule has 0 spiro atoms. The first-order valence-electron chi connectivity index (χ1n) is 21.4. The van der Waals surface area contributed by atoms with E-state index in [4.69, 9.17) is 11.5 Å². The Kier molecular flexibility index (Phi) is 11.3. The highest BCUT2D eigenvalue weighted by Gasteiger charge is 2.69. The van der Waals surface area contributed by atoms with E-state index in [2.05, 4.69) is 23.7 Å². The maximum absolute atomic E-state index is 14.1. The number of phenolic OH excluding ortho intramolecular Hbond substituents is 2. The van der Waals surface area contributed by atoms with Crippen molar-refractivity contribution in [2.24, 2.45) is 47.0 Å². The lowest BCUT2D eigenvalue weighted by Gasteiger charge is -2.58. The number of likely N-dealkylation sites (N-methyl/N-ethyl adjacent to an activating group) is 1. The van der Waals surface area contributed by atoms with Crippen molar-refractivity contribution in [3.8, 4) is 35.2 Å². The Labute approximate surface area is 372 Å². The van der Waals surface area contributed by atoms with E-state index in [0.29, 0.717) is 47.9 Å². The number of carbonyl (C=O) groups excluding carboxylic acids is 6. The molecular formula is C48H49N3O14. The average molecular weight is 892 g/mol. The minimum Gasteiger partial charge on any atom is -0.508 e. The zero-order chi connectivity index (χ0) is 47.2. The Balaban J connectivity index is 0.960. The molecule has 0 bridgehead atoms. The third-order valence-electron chi connectivity index (χ3n) is 14.7. The van der Waals surface area contributed by atoms with Gasteiger partial charge in [-0.25, -0.2) is 0 Å². The van der Waals surface area contributed by atoms with Crippen LogP contribution >= 0.6 is 0 Å². The van der Waals surface area contributed by atoms with Crippen molar-refractivity contribution in [1.29, 1.82) is 0 Å². The smallest absolute Gasteiger partial charge is 0.255 e. The molecule has 65 heavy (non-hydrogen) atoms. The quantitative estimate of drug-likeness (QED) is 0.0799. The lowest BCUT2D eigenvalue weighted by atomic mass is 9.51. The second kappa shape index (κ2) is 16.3. The molecule has 17 nitrogen and oxygen atoms in total. The van der Waals surface area contributed by atoms with Gasteiger partial charge in [0, 0.05) is 53.8 Å². The summed E-state index contributed by atoms with van der Waals surface area (Å²) in [7, 11) is 3.20. The summed E-state index contributed by atoms with van der Waals surface area (Å²) in [4.78, 5) is 80.0. The van der Waals surface area contributed by atoms with Gasteiger partial charge in [0.05, 0.1) is 23.1 Å². The molecule has 4 unspecified atom stereocenters. The highest BCUT2D eigenvalue weighted by molar-refractivity contribution is 6.22. The molecule has 6 aliphatic rings. The monoisotopic (exact) mass is 891 g/mol. The molecule has 0 radical (unpaired) electrons. The molecule has 8 rings (SSSR count). The standard InChI is InChI=1S/C48H49N3O14/c1-51(2)37-27-18-23-17-26-21(12-14-29(53)34(26)39(56)32(23)42(59)48(27,65)44(61)36(40(37)57)46(50)63)10-8-6-4-3-5-7-9-20-11-13-28(52)33-25(20)16-22-15-24-19-30(54)35(45(49)62)43(60)47(24,64)41(58)31(22)38(33)55/h11-14,22-24,27,32,36-37,40,42,52-53,55,57,59-60,64-65H,3-6,15-19H2,1-2H3,(H2,49,62)(H2,50,63)/t22-,23+,24+,27+,32?,36?,37+,40?,42?,47+,48+/m1/s1. The largest absolute Gasteiger partial charge is 0.508 e. The summed E-state index contributed by atoms with van der Waals surface area (Å²) < 4.78 is 0. The number of hydrogen-bond donors (Lipinski definition) is 10. The third kappa shape index (κ3) is 6.75. The maximum atomic E-state index is 14.1. The third-order valence-corrected chi connectivity index (χ3v) is 14.7. The number of amides is 2. The number of fused-ring (bicyclic) bond motifs is 6. The second-order valence-corrected chi connectivity index (χ2v) is 18.3. The fraction of sp³-hybridized carbons (Fsp3) is 0.458. The van der Waals surface area contributed by atoms with E-state index in [1.165, 1.54) is 12.1 Å². The molecule has 3 saturated carbocycles. The van der Waals surface area contributed by atoms with Crippen LogP contribution in [0.15, 0.2) is 41.2 Å². The minimum atomic E-state index is -2.66. The van der Waals surface area contributed by atoms with Gasteiger partial charge in [0.1, 0.15) is 40.6 Å². The Morgan fingerprint density at radius 1 is 0.815 bits per heavy atom. The first-order valence-corrected chi connectivity index (χ1v) is 21.4. The molecule has 3 fully saturated rings. The number of rotatable bonds is 6. The first-order chi connectivity index (χ1) is 30.7. The fourth-order valence-electron chi connectivity index (χ4n) is 11.7. The van der Waals surface area contributed by atoms with Gasteiger partial charge in [-0.3, -0.25) is 28.8 Å². The van der Waals surface area contributed by atoms with Crippen molar-refractivity contribution >= 4 is 40.7 Å². The highest BCUT2D eigenvalue weighted by atomic mass is 16.4. The van der Waals surface area contributed by atoms with Gasteiger partial charge in [0.2, 0.25) is 11.7 Å². The lowest BCUT2D eigenvalue weighted by Crippen LogP contribution is -2.76. The number of ketones is 4. The average Bonchev–Trinajstić information content (AvgIpc) is 3.22. The van der Waals surface area contributed by atoms with Gasteiger partial charge in [-0.2, -0.15) is 0 Å². The van der Waals surface area contributed by atoms with Gasteiger partial charge < -0.3 is 57.2 Å². The SMILES string of the molecule is CN(C)[C@@H]1C(O)C(C(N)=O)C(=O)[C@@]2(O)C(O)C3C(=O)c4c(O)ccc(C#CCCCCC#Cc5ccc(O)c6c5C[C@H]5C[C@H]7CC(=O)C(C(N)=O)=C(O)[C@@]7(O)C(=O)C5=C6O)c4C[C@H]3C[C@@H]12. The van der Waals surface area contributed by atoms with Crippen molar-refractivity contribution in [1.82, 2.24) is 4.90 Å². The Morgan fingerprint density at radius 3 is 1.97 bits per heavy atom. The number of benzene rings is 2. The molecule has 340 valence electrons. The summed E-state index contributed by atoms with van der Waals surface area (Å²) >= 11 is 0. The van der Waals surface area contributed by atoms with Crippen LogP contribution in [0.5, 0.6) is 11.5 Å². The highest BCUT2D eigenvalue weighted by Crippen LogP contribution is 2.55. The molecule has 11 atom stereocenters. The van der Waals surface area contributed by atoms with Crippen LogP contribution in [0.25, 0.3) is 5.76 Å². The molecule has 6 aliphatic carbocycles. The first kappa shape index (κ1) is 45.2.